The van der Waals surface area contributed by atoms with Crippen LogP contribution in [0.2, 0.25) is 0 Å². The van der Waals surface area contributed by atoms with Crippen LogP contribution in [-0.4, -0.2) is 20.2 Å². The Bertz CT molecular complexity index is 267. The van der Waals surface area contributed by atoms with Gasteiger partial charge in [-0.2, -0.15) is 4.80 Å². The molecule has 0 spiro atoms. The summed E-state index contributed by atoms with van der Waals surface area (Å²) in [6.45, 7) is 2.77. The van der Waals surface area contributed by atoms with E-state index in [4.69, 9.17) is 34.8 Å². The summed E-state index contributed by atoms with van der Waals surface area (Å²) in [6.07, 6.45) is 2.04. The maximum atomic E-state index is 5.56. The Morgan fingerprint density at radius 3 is 2.54 bits per heavy atom. The Morgan fingerprint density at radius 2 is 2.08 bits per heavy atom. The molecule has 4 nitrogen and oxygen atoms in total. The van der Waals surface area contributed by atoms with Crippen molar-refractivity contribution in [1.29, 1.82) is 0 Å². The van der Waals surface area contributed by atoms with Crippen LogP contribution in [0, 0.1) is 0 Å². The molecule has 0 aliphatic rings. The lowest BCUT2D eigenvalue weighted by Crippen LogP contribution is -2.06. The van der Waals surface area contributed by atoms with Crippen LogP contribution in [0.3, 0.4) is 0 Å². The van der Waals surface area contributed by atoms with E-state index in [-0.39, 0.29) is 5.82 Å². The third-order valence-electron chi connectivity index (χ3n) is 1.42. The lowest BCUT2D eigenvalue weighted by Gasteiger charge is -2.02. The summed E-state index contributed by atoms with van der Waals surface area (Å²) in [5.41, 5.74) is 0. The Kier molecular flexibility index (Phi) is 3.76. The molecule has 0 saturated carbocycles. The van der Waals surface area contributed by atoms with Crippen molar-refractivity contribution in [2.75, 3.05) is 0 Å². The summed E-state index contributed by atoms with van der Waals surface area (Å²) in [5, 5.41) is 11.3. The van der Waals surface area contributed by atoms with Crippen molar-refractivity contribution >= 4 is 34.8 Å². The molecule has 0 aliphatic heterocycles. The number of tetrazole rings is 1. The van der Waals surface area contributed by atoms with Gasteiger partial charge in [-0.3, -0.25) is 0 Å². The van der Waals surface area contributed by atoms with E-state index < -0.39 is 3.79 Å². The molecule has 0 bridgehead atoms. The zero-order valence-electron chi connectivity index (χ0n) is 7.04. The number of alkyl halides is 3. The Balaban J connectivity index is 2.64. The molecule has 74 valence electrons. The molecule has 0 amide bonds. The van der Waals surface area contributed by atoms with Gasteiger partial charge in [0.15, 0.2) is 0 Å². The highest BCUT2D eigenvalue weighted by Crippen LogP contribution is 2.35. The summed E-state index contributed by atoms with van der Waals surface area (Å²) >= 11 is 16.7. The smallest absolute Gasteiger partial charge is 0.164 e. The molecule has 1 heterocycles. The molecular formula is C6H9Cl3N4. The molecule has 0 unspecified atom stereocenters. The van der Waals surface area contributed by atoms with E-state index in [1.807, 2.05) is 0 Å². The van der Waals surface area contributed by atoms with Gasteiger partial charge in [0.05, 0.1) is 6.54 Å². The van der Waals surface area contributed by atoms with Gasteiger partial charge in [0.2, 0.25) is 5.82 Å². The topological polar surface area (TPSA) is 43.6 Å². The van der Waals surface area contributed by atoms with Gasteiger partial charge in [0.1, 0.15) is 0 Å². The molecule has 0 atom stereocenters. The highest BCUT2D eigenvalue weighted by Gasteiger charge is 2.28. The van der Waals surface area contributed by atoms with Gasteiger partial charge in [-0.25, -0.2) is 0 Å². The van der Waals surface area contributed by atoms with Crippen molar-refractivity contribution in [3.8, 4) is 0 Å². The fourth-order valence-electron chi connectivity index (χ4n) is 0.751. The molecular weight excluding hydrogens is 234 g/mol. The summed E-state index contributed by atoms with van der Waals surface area (Å²) in [7, 11) is 0. The highest BCUT2D eigenvalue weighted by molar-refractivity contribution is 6.66. The van der Waals surface area contributed by atoms with Crippen molar-refractivity contribution in [3.05, 3.63) is 5.82 Å². The van der Waals surface area contributed by atoms with Gasteiger partial charge < -0.3 is 0 Å². The molecule has 0 N–H and O–H groups in total. The molecule has 0 fully saturated rings. The van der Waals surface area contributed by atoms with E-state index in [1.54, 1.807) is 0 Å². The number of halogens is 3. The van der Waals surface area contributed by atoms with Crippen LogP contribution in [0.4, 0.5) is 0 Å². The van der Waals surface area contributed by atoms with Crippen molar-refractivity contribution < 1.29 is 0 Å². The zero-order chi connectivity index (χ0) is 9.90. The zero-order valence-corrected chi connectivity index (χ0v) is 9.31. The van der Waals surface area contributed by atoms with Crippen LogP contribution in [0.1, 0.15) is 25.6 Å². The molecule has 0 saturated heterocycles. The van der Waals surface area contributed by atoms with E-state index in [9.17, 15) is 0 Å². The van der Waals surface area contributed by atoms with Crippen LogP contribution in [0.25, 0.3) is 0 Å². The van der Waals surface area contributed by atoms with Crippen molar-refractivity contribution in [2.45, 2.75) is 30.1 Å². The van der Waals surface area contributed by atoms with Crippen LogP contribution < -0.4 is 0 Å². The molecule has 7 heteroatoms. The lowest BCUT2D eigenvalue weighted by molar-refractivity contribution is 0.494. The first-order valence-electron chi connectivity index (χ1n) is 3.89. The predicted molar refractivity (Wildman–Crippen MR) is 52.0 cm³/mol. The van der Waals surface area contributed by atoms with E-state index in [0.29, 0.717) is 6.54 Å². The minimum Gasteiger partial charge on any atom is -0.164 e. The number of hydrogen-bond donors (Lipinski definition) is 0. The molecule has 13 heavy (non-hydrogen) atoms. The monoisotopic (exact) mass is 242 g/mol. The summed E-state index contributed by atoms with van der Waals surface area (Å²) < 4.78 is -1.58. The lowest BCUT2D eigenvalue weighted by atomic mass is 10.3. The predicted octanol–water partition coefficient (Wildman–Crippen LogP) is 2.30. The number of hydrogen-bond acceptors (Lipinski definition) is 3. The number of aromatic nitrogens is 4. The standard InChI is InChI=1S/C6H9Cl3N4/c1-2-3-4-13-11-5(10-12-13)6(7,8)9/h2-4H2,1H3. The first-order valence-corrected chi connectivity index (χ1v) is 5.02. The van der Waals surface area contributed by atoms with Gasteiger partial charge in [0, 0.05) is 0 Å². The van der Waals surface area contributed by atoms with Crippen LogP contribution >= 0.6 is 34.8 Å². The fourth-order valence-corrected chi connectivity index (χ4v) is 0.978. The van der Waals surface area contributed by atoms with E-state index in [2.05, 4.69) is 22.3 Å². The first kappa shape index (κ1) is 11.0. The van der Waals surface area contributed by atoms with Crippen molar-refractivity contribution in [2.24, 2.45) is 0 Å². The number of rotatable bonds is 3. The van der Waals surface area contributed by atoms with Gasteiger partial charge in [-0.05, 0) is 11.6 Å². The van der Waals surface area contributed by atoms with E-state index in [1.165, 1.54) is 4.80 Å². The molecule has 1 rings (SSSR count). The first-order chi connectivity index (χ1) is 6.04. The van der Waals surface area contributed by atoms with Crippen molar-refractivity contribution in [3.63, 3.8) is 0 Å². The minimum atomic E-state index is -1.58. The van der Waals surface area contributed by atoms with Crippen molar-refractivity contribution in [1.82, 2.24) is 20.2 Å². The maximum Gasteiger partial charge on any atom is 0.253 e. The second-order valence-electron chi connectivity index (χ2n) is 2.56. The van der Waals surface area contributed by atoms with Crippen LogP contribution in [-0.2, 0) is 10.3 Å². The molecule has 1 aromatic heterocycles. The highest BCUT2D eigenvalue weighted by atomic mass is 35.6. The van der Waals surface area contributed by atoms with Gasteiger partial charge in [-0.1, -0.05) is 48.1 Å². The Labute approximate surface area is 91.1 Å². The summed E-state index contributed by atoms with van der Waals surface area (Å²) in [5.74, 6) is 0.119. The molecule has 1 aromatic rings. The Morgan fingerprint density at radius 1 is 1.38 bits per heavy atom. The molecule has 0 radical (unpaired) electrons. The van der Waals surface area contributed by atoms with E-state index >= 15 is 0 Å². The third-order valence-corrected chi connectivity index (χ3v) is 1.93. The second kappa shape index (κ2) is 4.44. The average Bonchev–Trinajstić information content (AvgIpc) is 2.47. The molecule has 0 aliphatic carbocycles. The van der Waals surface area contributed by atoms with Gasteiger partial charge in [-0.15, -0.1) is 10.2 Å². The molecule has 0 aromatic carbocycles. The summed E-state index contributed by atoms with van der Waals surface area (Å²) in [4.78, 5) is 1.43. The number of aryl methyl sites for hydroxylation is 1. The number of nitrogens with zero attached hydrogens (tertiary/aromatic N) is 4. The minimum absolute atomic E-state index is 0.119. The van der Waals surface area contributed by atoms with E-state index in [0.717, 1.165) is 12.8 Å². The second-order valence-corrected chi connectivity index (χ2v) is 4.84. The Hall–Kier alpha value is -0.0600. The third kappa shape index (κ3) is 3.29. The normalized spacial score (nSPS) is 12.0. The van der Waals surface area contributed by atoms with Gasteiger partial charge in [0.25, 0.3) is 3.79 Å². The SMILES string of the molecule is CCCCn1nnc(C(Cl)(Cl)Cl)n1. The van der Waals surface area contributed by atoms with Crippen LogP contribution in [0.5, 0.6) is 0 Å². The fraction of sp³-hybridized carbons (Fsp3) is 0.833. The quantitative estimate of drug-likeness (QED) is 0.765. The number of unbranched alkanes of at least 4 members (excludes halogenated alkanes) is 1. The van der Waals surface area contributed by atoms with Gasteiger partial charge >= 0.3 is 0 Å². The largest absolute Gasteiger partial charge is 0.253 e. The van der Waals surface area contributed by atoms with Crippen LogP contribution in [0.15, 0.2) is 0 Å². The maximum absolute atomic E-state index is 5.56. The average molecular weight is 244 g/mol. The summed E-state index contributed by atoms with van der Waals surface area (Å²) in [6, 6.07) is 0.